The van der Waals surface area contributed by atoms with Crippen LogP contribution in [-0.2, 0) is 11.3 Å². The molecule has 0 aliphatic rings. The van der Waals surface area contributed by atoms with Gasteiger partial charge in [-0.25, -0.2) is 9.78 Å². The van der Waals surface area contributed by atoms with Crippen LogP contribution in [0.5, 0.6) is 0 Å². The Hall–Kier alpha value is -2.02. The monoisotopic (exact) mass is 278 g/mol. The number of carbonyl (C=O) groups is 1. The first-order valence-corrected chi connectivity index (χ1v) is 6.72. The van der Waals surface area contributed by atoms with Gasteiger partial charge in [0.15, 0.2) is 5.69 Å². The summed E-state index contributed by atoms with van der Waals surface area (Å²) < 4.78 is 4.83. The maximum atomic E-state index is 11.4. The van der Waals surface area contributed by atoms with Crippen molar-refractivity contribution in [3.63, 3.8) is 0 Å². The van der Waals surface area contributed by atoms with Crippen molar-refractivity contribution >= 4 is 23.1 Å². The van der Waals surface area contributed by atoms with Gasteiger partial charge in [-0.1, -0.05) is 0 Å². The highest BCUT2D eigenvalue weighted by atomic mass is 32.1. The molecular weight excluding hydrogens is 264 g/mol. The number of thiazole rings is 1. The molecule has 0 amide bonds. The summed E-state index contributed by atoms with van der Waals surface area (Å²) in [5.74, 6) is 0.135. The predicted molar refractivity (Wildman–Crippen MR) is 72.2 cm³/mol. The molecule has 2 heterocycles. The maximum absolute atomic E-state index is 11.4. The van der Waals surface area contributed by atoms with Crippen molar-refractivity contribution in [2.45, 2.75) is 20.4 Å². The van der Waals surface area contributed by atoms with Crippen molar-refractivity contribution in [3.8, 4) is 0 Å². The van der Waals surface area contributed by atoms with Gasteiger partial charge in [0.05, 0.1) is 23.9 Å². The zero-order valence-electron chi connectivity index (χ0n) is 10.7. The van der Waals surface area contributed by atoms with E-state index in [-0.39, 0.29) is 5.69 Å². The number of esters is 1. The first-order valence-electron chi connectivity index (χ1n) is 5.84. The zero-order valence-corrected chi connectivity index (χ0v) is 11.5. The fourth-order valence-electron chi connectivity index (χ4n) is 1.41. The minimum Gasteiger partial charge on any atom is -0.461 e. The molecule has 2 aromatic heterocycles. The van der Waals surface area contributed by atoms with Gasteiger partial charge in [-0.15, -0.1) is 21.5 Å². The van der Waals surface area contributed by atoms with Crippen molar-refractivity contribution in [1.82, 2.24) is 15.2 Å². The summed E-state index contributed by atoms with van der Waals surface area (Å²) in [5, 5.41) is 13.8. The highest BCUT2D eigenvalue weighted by Crippen LogP contribution is 2.10. The van der Waals surface area contributed by atoms with Crippen LogP contribution in [0.1, 0.15) is 28.1 Å². The Morgan fingerprint density at radius 1 is 1.42 bits per heavy atom. The van der Waals surface area contributed by atoms with Gasteiger partial charge < -0.3 is 10.1 Å². The van der Waals surface area contributed by atoms with Crippen LogP contribution in [0.2, 0.25) is 0 Å². The maximum Gasteiger partial charge on any atom is 0.358 e. The van der Waals surface area contributed by atoms with Gasteiger partial charge in [0.25, 0.3) is 0 Å². The van der Waals surface area contributed by atoms with Gasteiger partial charge >= 0.3 is 5.97 Å². The fourth-order valence-corrected chi connectivity index (χ4v) is 2.02. The molecule has 2 rings (SSSR count). The van der Waals surface area contributed by atoms with E-state index in [9.17, 15) is 4.79 Å². The number of aromatic nitrogens is 3. The molecule has 0 atom stereocenters. The number of ether oxygens (including phenoxy) is 1. The molecule has 6 nitrogen and oxygen atoms in total. The number of rotatable bonds is 5. The molecule has 0 spiro atoms. The van der Waals surface area contributed by atoms with Crippen molar-refractivity contribution in [2.24, 2.45) is 0 Å². The van der Waals surface area contributed by atoms with Gasteiger partial charge in [0, 0.05) is 5.38 Å². The summed E-state index contributed by atoms with van der Waals surface area (Å²) in [5.41, 5.74) is 1.16. The lowest BCUT2D eigenvalue weighted by Crippen LogP contribution is -2.09. The normalized spacial score (nSPS) is 10.2. The lowest BCUT2D eigenvalue weighted by Gasteiger charge is -2.03. The van der Waals surface area contributed by atoms with Gasteiger partial charge in [0.1, 0.15) is 5.82 Å². The molecule has 100 valence electrons. The van der Waals surface area contributed by atoms with Crippen LogP contribution in [0.25, 0.3) is 0 Å². The topological polar surface area (TPSA) is 77.0 Å². The van der Waals surface area contributed by atoms with Crippen molar-refractivity contribution in [3.05, 3.63) is 33.9 Å². The van der Waals surface area contributed by atoms with Crippen LogP contribution < -0.4 is 5.32 Å². The second-order valence-electron chi connectivity index (χ2n) is 3.74. The minimum absolute atomic E-state index is 0.205. The largest absolute Gasteiger partial charge is 0.461 e. The molecule has 0 unspecified atom stereocenters. The summed E-state index contributed by atoms with van der Waals surface area (Å²) in [6.07, 6.45) is 0. The Balaban J connectivity index is 1.93. The van der Waals surface area contributed by atoms with Crippen LogP contribution in [0.4, 0.5) is 5.82 Å². The van der Waals surface area contributed by atoms with E-state index >= 15 is 0 Å². The molecule has 2 aromatic rings. The molecule has 0 aliphatic carbocycles. The van der Waals surface area contributed by atoms with E-state index in [1.165, 1.54) is 0 Å². The van der Waals surface area contributed by atoms with Crippen LogP contribution in [0, 0.1) is 6.92 Å². The summed E-state index contributed by atoms with van der Waals surface area (Å²) >= 11 is 1.60. The third kappa shape index (κ3) is 3.72. The third-order valence-corrected chi connectivity index (χ3v) is 3.09. The second-order valence-corrected chi connectivity index (χ2v) is 4.80. The second kappa shape index (κ2) is 6.24. The number of aryl methyl sites for hydroxylation is 1. The lowest BCUT2D eigenvalue weighted by atomic mass is 10.4. The molecule has 0 saturated carbocycles. The Morgan fingerprint density at radius 2 is 2.26 bits per heavy atom. The number of anilines is 1. The zero-order chi connectivity index (χ0) is 13.7. The molecule has 0 saturated heterocycles. The highest BCUT2D eigenvalue weighted by Gasteiger charge is 2.08. The molecule has 1 N–H and O–H groups in total. The first kappa shape index (κ1) is 13.4. The Bertz CT molecular complexity index is 553. The Morgan fingerprint density at radius 3 is 2.84 bits per heavy atom. The van der Waals surface area contributed by atoms with Crippen molar-refractivity contribution in [1.29, 1.82) is 0 Å². The predicted octanol–water partition coefficient (Wildman–Crippen LogP) is 2.03. The van der Waals surface area contributed by atoms with Crippen molar-refractivity contribution in [2.75, 3.05) is 11.9 Å². The first-order chi connectivity index (χ1) is 9.19. The smallest absolute Gasteiger partial charge is 0.358 e. The highest BCUT2D eigenvalue weighted by molar-refractivity contribution is 7.09. The number of nitrogens with zero attached hydrogens (tertiary/aromatic N) is 3. The van der Waals surface area contributed by atoms with E-state index in [0.717, 1.165) is 10.7 Å². The summed E-state index contributed by atoms with van der Waals surface area (Å²) in [4.78, 5) is 15.7. The van der Waals surface area contributed by atoms with E-state index in [0.29, 0.717) is 19.0 Å². The average molecular weight is 278 g/mol. The van der Waals surface area contributed by atoms with Crippen LogP contribution in [-0.4, -0.2) is 27.8 Å². The van der Waals surface area contributed by atoms with E-state index < -0.39 is 5.97 Å². The van der Waals surface area contributed by atoms with Crippen LogP contribution >= 0.6 is 11.3 Å². The quantitative estimate of drug-likeness (QED) is 0.843. The molecule has 0 fully saturated rings. The molecular formula is C12H14N4O2S. The minimum atomic E-state index is -0.461. The van der Waals surface area contributed by atoms with E-state index in [4.69, 9.17) is 4.74 Å². The molecule has 7 heteroatoms. The lowest BCUT2D eigenvalue weighted by molar-refractivity contribution is 0.0518. The summed E-state index contributed by atoms with van der Waals surface area (Å²) in [6.45, 7) is 4.61. The standard InChI is InChI=1S/C12H14N4O2S/c1-3-18-12(17)10-4-5-11(16-15-10)13-6-9-7-19-8(2)14-9/h4-5,7H,3,6H2,1-2H3,(H,13,16). The molecule has 0 aromatic carbocycles. The molecule has 19 heavy (non-hydrogen) atoms. The van der Waals surface area contributed by atoms with Gasteiger partial charge in [-0.3, -0.25) is 0 Å². The molecule has 0 radical (unpaired) electrons. The van der Waals surface area contributed by atoms with Gasteiger partial charge in [0.2, 0.25) is 0 Å². The van der Waals surface area contributed by atoms with Crippen LogP contribution in [0.15, 0.2) is 17.5 Å². The Labute approximate surface area is 114 Å². The Kier molecular flexibility index (Phi) is 4.40. The van der Waals surface area contributed by atoms with E-state index in [2.05, 4.69) is 20.5 Å². The van der Waals surface area contributed by atoms with Crippen molar-refractivity contribution < 1.29 is 9.53 Å². The third-order valence-electron chi connectivity index (χ3n) is 2.27. The number of carbonyl (C=O) groups excluding carboxylic acids is 1. The van der Waals surface area contributed by atoms with E-state index in [1.54, 1.807) is 30.4 Å². The SMILES string of the molecule is CCOC(=O)c1ccc(NCc2csc(C)n2)nn1. The summed E-state index contributed by atoms with van der Waals surface area (Å²) in [7, 11) is 0. The molecule has 0 aliphatic heterocycles. The van der Waals surface area contributed by atoms with E-state index in [1.807, 2.05) is 12.3 Å². The van der Waals surface area contributed by atoms with Gasteiger partial charge in [-0.2, -0.15) is 0 Å². The number of hydrogen-bond donors (Lipinski definition) is 1. The van der Waals surface area contributed by atoms with Crippen LogP contribution in [0.3, 0.4) is 0 Å². The number of nitrogens with one attached hydrogen (secondary N) is 1. The average Bonchev–Trinajstić information content (AvgIpc) is 2.83. The summed E-state index contributed by atoms with van der Waals surface area (Å²) in [6, 6.07) is 3.28. The number of hydrogen-bond acceptors (Lipinski definition) is 7. The fraction of sp³-hybridized carbons (Fsp3) is 0.333. The molecule has 0 bridgehead atoms. The van der Waals surface area contributed by atoms with Gasteiger partial charge in [-0.05, 0) is 26.0 Å².